The summed E-state index contributed by atoms with van der Waals surface area (Å²) in [6.45, 7) is 6.54. The molecule has 0 N–H and O–H groups in total. The fourth-order valence-corrected chi connectivity index (χ4v) is 10.5. The van der Waals surface area contributed by atoms with Gasteiger partial charge in [0.1, 0.15) is 13.2 Å². The number of hydrogen-bond acceptors (Lipinski definition) is 6. The van der Waals surface area contributed by atoms with Crippen LogP contribution >= 0.6 is 0 Å². The molecule has 0 amide bonds. The third-order valence-electron chi connectivity index (χ3n) is 15.8. The fourth-order valence-electron chi connectivity index (χ4n) is 10.5. The quantitative estimate of drug-likeness (QED) is 0.0261. The van der Waals surface area contributed by atoms with Crippen molar-refractivity contribution < 1.29 is 28.6 Å². The van der Waals surface area contributed by atoms with Crippen molar-refractivity contribution in [2.45, 2.75) is 380 Å². The van der Waals surface area contributed by atoms with E-state index in [1.165, 1.54) is 244 Å². The summed E-state index contributed by atoms with van der Waals surface area (Å²) in [5, 5.41) is 0. The van der Waals surface area contributed by atoms with E-state index in [-0.39, 0.29) is 31.1 Å². The van der Waals surface area contributed by atoms with Gasteiger partial charge in [0.25, 0.3) is 0 Å². The Morgan fingerprint density at radius 1 is 0.263 bits per heavy atom. The Balaban J connectivity index is 4.03. The molecule has 0 aliphatic carbocycles. The largest absolute Gasteiger partial charge is 0.462 e. The van der Waals surface area contributed by atoms with Gasteiger partial charge in [-0.25, -0.2) is 0 Å². The van der Waals surface area contributed by atoms with Gasteiger partial charge >= 0.3 is 17.9 Å². The van der Waals surface area contributed by atoms with Crippen molar-refractivity contribution in [3.05, 3.63) is 60.8 Å². The SMILES string of the molecule is CC/C=C\C/C=C\C/C=C\C/C=C\CCCCCCCCCCCCCCCCCCCCCCCCC(=O)OCC(COC(=O)CCCCCCC/C=C\CCCC)OC(=O)CCCCCCCCCCCCCCCCCC. The standard InChI is InChI=1S/C74H134O6/c1-4-7-10-13-16-19-22-24-26-28-29-30-31-32-33-34-35-36-37-38-39-40-41-42-43-44-45-46-48-49-52-55-58-61-64-67-73(76)79-70-71(69-78-72(75)66-63-60-57-54-51-21-18-15-12-9-6-3)80-74(77)68-65-62-59-56-53-50-47-27-25-23-20-17-14-11-8-5-2/h7,10,15-16,18-19,24,26,29-30,71H,4-6,8-9,11-14,17,20-23,25,27-28,31-70H2,1-3H3/b10-7-,18-15-,19-16-,26-24-,30-29-. The van der Waals surface area contributed by atoms with E-state index < -0.39 is 6.10 Å². The van der Waals surface area contributed by atoms with Gasteiger partial charge in [-0.3, -0.25) is 14.4 Å². The first-order chi connectivity index (χ1) is 39.5. The van der Waals surface area contributed by atoms with Crippen molar-refractivity contribution in [3.63, 3.8) is 0 Å². The molecule has 0 aromatic rings. The molecule has 80 heavy (non-hydrogen) atoms. The molecule has 0 aromatic carbocycles. The van der Waals surface area contributed by atoms with Crippen LogP contribution in [0.3, 0.4) is 0 Å². The van der Waals surface area contributed by atoms with E-state index in [9.17, 15) is 14.4 Å². The maximum Gasteiger partial charge on any atom is 0.306 e. The highest BCUT2D eigenvalue weighted by atomic mass is 16.6. The maximum atomic E-state index is 12.9. The average Bonchev–Trinajstić information content (AvgIpc) is 3.46. The molecule has 466 valence electrons. The normalized spacial score (nSPS) is 12.4. The van der Waals surface area contributed by atoms with E-state index in [4.69, 9.17) is 14.2 Å². The number of ether oxygens (including phenoxy) is 3. The first-order valence-corrected chi connectivity index (χ1v) is 35.3. The minimum absolute atomic E-state index is 0.0699. The molecule has 1 atom stereocenters. The molecular formula is C74H134O6. The third-order valence-corrected chi connectivity index (χ3v) is 15.8. The third kappa shape index (κ3) is 65.9. The van der Waals surface area contributed by atoms with Crippen LogP contribution in [0.25, 0.3) is 0 Å². The van der Waals surface area contributed by atoms with Crippen LogP contribution in [0.4, 0.5) is 0 Å². The topological polar surface area (TPSA) is 78.9 Å². The molecule has 0 heterocycles. The highest BCUT2D eigenvalue weighted by molar-refractivity contribution is 5.71. The van der Waals surface area contributed by atoms with Crippen LogP contribution < -0.4 is 0 Å². The summed E-state index contributed by atoms with van der Waals surface area (Å²) in [6, 6.07) is 0. The molecule has 0 bridgehead atoms. The molecule has 0 fully saturated rings. The Labute approximate surface area is 498 Å². The summed E-state index contributed by atoms with van der Waals surface area (Å²) in [4.78, 5) is 38.3. The predicted octanol–water partition coefficient (Wildman–Crippen LogP) is 24.3. The molecule has 0 aliphatic rings. The second-order valence-electron chi connectivity index (χ2n) is 23.8. The zero-order valence-corrected chi connectivity index (χ0v) is 53.6. The first-order valence-electron chi connectivity index (χ1n) is 35.3. The van der Waals surface area contributed by atoms with E-state index >= 15 is 0 Å². The monoisotopic (exact) mass is 1120 g/mol. The van der Waals surface area contributed by atoms with Crippen LogP contribution in [0, 0.1) is 0 Å². The van der Waals surface area contributed by atoms with Crippen LogP contribution in [0.1, 0.15) is 374 Å². The van der Waals surface area contributed by atoms with Crippen LogP contribution in [0.2, 0.25) is 0 Å². The lowest BCUT2D eigenvalue weighted by Gasteiger charge is -2.18. The van der Waals surface area contributed by atoms with Crippen LogP contribution in [0.5, 0.6) is 0 Å². The van der Waals surface area contributed by atoms with Gasteiger partial charge < -0.3 is 14.2 Å². The van der Waals surface area contributed by atoms with E-state index in [1.54, 1.807) is 0 Å². The summed E-state index contributed by atoms with van der Waals surface area (Å²) in [5.41, 5.74) is 0. The molecule has 0 aliphatic heterocycles. The molecule has 0 spiro atoms. The van der Waals surface area contributed by atoms with Gasteiger partial charge in [0.15, 0.2) is 6.10 Å². The number of carbonyl (C=O) groups excluding carboxylic acids is 3. The summed E-state index contributed by atoms with van der Waals surface area (Å²) in [5.74, 6) is -0.855. The number of allylic oxidation sites excluding steroid dienone is 10. The van der Waals surface area contributed by atoms with E-state index in [1.807, 2.05) is 0 Å². The van der Waals surface area contributed by atoms with Crippen LogP contribution in [-0.2, 0) is 28.6 Å². The molecule has 0 saturated heterocycles. The van der Waals surface area contributed by atoms with Crippen molar-refractivity contribution >= 4 is 17.9 Å². The molecule has 0 rings (SSSR count). The maximum absolute atomic E-state index is 12.9. The number of rotatable bonds is 65. The molecule has 6 heteroatoms. The minimum atomic E-state index is -0.772. The lowest BCUT2D eigenvalue weighted by Crippen LogP contribution is -2.30. The van der Waals surface area contributed by atoms with Crippen molar-refractivity contribution in [2.75, 3.05) is 13.2 Å². The molecular weight excluding hydrogens is 985 g/mol. The fraction of sp³-hybridized carbons (Fsp3) is 0.824. The Bertz CT molecular complexity index is 1430. The van der Waals surface area contributed by atoms with Crippen molar-refractivity contribution in [2.24, 2.45) is 0 Å². The Morgan fingerprint density at radius 2 is 0.500 bits per heavy atom. The summed E-state index contributed by atoms with van der Waals surface area (Å²) < 4.78 is 16.9. The Kier molecular flexibility index (Phi) is 66.1. The van der Waals surface area contributed by atoms with Crippen molar-refractivity contribution in [1.29, 1.82) is 0 Å². The lowest BCUT2D eigenvalue weighted by atomic mass is 10.0. The zero-order chi connectivity index (χ0) is 57.8. The summed E-state index contributed by atoms with van der Waals surface area (Å²) >= 11 is 0. The van der Waals surface area contributed by atoms with Gasteiger partial charge in [0.2, 0.25) is 0 Å². The van der Waals surface area contributed by atoms with Crippen molar-refractivity contribution in [1.82, 2.24) is 0 Å². The first kappa shape index (κ1) is 77.1. The van der Waals surface area contributed by atoms with Gasteiger partial charge in [-0.1, -0.05) is 338 Å². The number of unbranched alkanes of at least 4 members (excludes halogenated alkanes) is 44. The van der Waals surface area contributed by atoms with Crippen molar-refractivity contribution in [3.8, 4) is 0 Å². The van der Waals surface area contributed by atoms with E-state index in [2.05, 4.69) is 81.5 Å². The van der Waals surface area contributed by atoms with Gasteiger partial charge in [-0.2, -0.15) is 0 Å². The zero-order valence-electron chi connectivity index (χ0n) is 53.6. The molecule has 6 nitrogen and oxygen atoms in total. The second kappa shape index (κ2) is 68.6. The smallest absolute Gasteiger partial charge is 0.306 e. The van der Waals surface area contributed by atoms with Gasteiger partial charge in [0, 0.05) is 19.3 Å². The Morgan fingerprint density at radius 3 is 0.812 bits per heavy atom. The second-order valence-corrected chi connectivity index (χ2v) is 23.8. The van der Waals surface area contributed by atoms with Crippen LogP contribution in [-0.4, -0.2) is 37.2 Å². The summed E-state index contributed by atoms with van der Waals surface area (Å²) in [6.07, 6.45) is 88.4. The minimum Gasteiger partial charge on any atom is -0.462 e. The van der Waals surface area contributed by atoms with Crippen LogP contribution in [0.15, 0.2) is 60.8 Å². The predicted molar refractivity (Wildman–Crippen MR) is 348 cm³/mol. The van der Waals surface area contributed by atoms with Gasteiger partial charge in [-0.05, 0) is 77.0 Å². The van der Waals surface area contributed by atoms with E-state index in [0.29, 0.717) is 19.3 Å². The van der Waals surface area contributed by atoms with Gasteiger partial charge in [-0.15, -0.1) is 0 Å². The highest BCUT2D eigenvalue weighted by Gasteiger charge is 2.19. The average molecular weight is 1120 g/mol. The number of hydrogen-bond donors (Lipinski definition) is 0. The highest BCUT2D eigenvalue weighted by Crippen LogP contribution is 2.18. The lowest BCUT2D eigenvalue weighted by molar-refractivity contribution is -0.167. The molecule has 0 aromatic heterocycles. The number of esters is 3. The summed E-state index contributed by atoms with van der Waals surface area (Å²) in [7, 11) is 0. The Hall–Kier alpha value is -2.89. The van der Waals surface area contributed by atoms with Gasteiger partial charge in [0.05, 0.1) is 0 Å². The van der Waals surface area contributed by atoms with E-state index in [0.717, 1.165) is 89.9 Å². The molecule has 0 radical (unpaired) electrons. The molecule has 0 saturated carbocycles. The molecule has 1 unspecified atom stereocenters. The number of carbonyl (C=O) groups is 3.